The van der Waals surface area contributed by atoms with Crippen LogP contribution in [0.4, 0.5) is 4.39 Å². The minimum absolute atomic E-state index is 0.0569. The van der Waals surface area contributed by atoms with Crippen molar-refractivity contribution < 1.29 is 4.39 Å². The van der Waals surface area contributed by atoms with E-state index in [2.05, 4.69) is 0 Å². The second-order valence-electron chi connectivity index (χ2n) is 3.23. The molecule has 1 atom stereocenters. The number of rotatable bonds is 3. The van der Waals surface area contributed by atoms with Gasteiger partial charge in [-0.15, -0.1) is 0 Å². The molecule has 1 rings (SSSR count). The van der Waals surface area contributed by atoms with Gasteiger partial charge in [-0.1, -0.05) is 13.8 Å². The highest BCUT2D eigenvalue weighted by Crippen LogP contribution is 2.33. The van der Waals surface area contributed by atoms with Gasteiger partial charge in [-0.2, -0.15) is 11.3 Å². The van der Waals surface area contributed by atoms with E-state index in [-0.39, 0.29) is 12.5 Å². The summed E-state index contributed by atoms with van der Waals surface area (Å²) in [6.45, 7) is 3.76. The molecule has 1 heterocycles. The van der Waals surface area contributed by atoms with E-state index in [9.17, 15) is 4.39 Å². The van der Waals surface area contributed by atoms with Crippen LogP contribution < -0.4 is 5.73 Å². The largest absolute Gasteiger partial charge is 0.327 e. The Balaban J connectivity index is 2.96. The SMILES string of the molecule is CC(C)C(F)(CN)c1ccsc1. The third-order valence-electron chi connectivity index (χ3n) is 2.21. The number of hydrogen-bond acceptors (Lipinski definition) is 2. The van der Waals surface area contributed by atoms with Crippen LogP contribution in [0.2, 0.25) is 0 Å². The average molecular weight is 187 g/mol. The second kappa shape index (κ2) is 3.54. The fourth-order valence-electron chi connectivity index (χ4n) is 1.19. The third kappa shape index (κ3) is 1.52. The van der Waals surface area contributed by atoms with Gasteiger partial charge in [0.2, 0.25) is 0 Å². The van der Waals surface area contributed by atoms with Gasteiger partial charge in [-0.25, -0.2) is 4.39 Å². The molecule has 0 aliphatic heterocycles. The Bertz CT molecular complexity index is 233. The molecule has 2 N–H and O–H groups in total. The molecule has 0 amide bonds. The lowest BCUT2D eigenvalue weighted by Gasteiger charge is -2.26. The summed E-state index contributed by atoms with van der Waals surface area (Å²) in [6.07, 6.45) is 0. The van der Waals surface area contributed by atoms with Crippen molar-refractivity contribution in [2.75, 3.05) is 6.54 Å². The summed E-state index contributed by atoms with van der Waals surface area (Å²) in [4.78, 5) is 0. The molecule has 68 valence electrons. The Hall–Kier alpha value is -0.410. The summed E-state index contributed by atoms with van der Waals surface area (Å²) < 4.78 is 14.1. The molecular formula is C9H14FNS. The van der Waals surface area contributed by atoms with Crippen molar-refractivity contribution in [2.24, 2.45) is 11.7 Å². The predicted octanol–water partition coefficient (Wildman–Crippen LogP) is 2.53. The fourth-order valence-corrected chi connectivity index (χ4v) is 1.91. The smallest absolute Gasteiger partial charge is 0.151 e. The molecule has 0 fully saturated rings. The summed E-state index contributed by atoms with van der Waals surface area (Å²) in [6, 6.07) is 1.80. The highest BCUT2D eigenvalue weighted by molar-refractivity contribution is 7.08. The zero-order valence-corrected chi connectivity index (χ0v) is 8.20. The molecule has 0 radical (unpaired) electrons. The zero-order chi connectivity index (χ0) is 9.19. The van der Waals surface area contributed by atoms with E-state index < -0.39 is 5.67 Å². The molecule has 1 aromatic heterocycles. The van der Waals surface area contributed by atoms with Crippen LogP contribution >= 0.6 is 11.3 Å². The molecule has 12 heavy (non-hydrogen) atoms. The Labute approximate surface area is 76.4 Å². The van der Waals surface area contributed by atoms with Crippen molar-refractivity contribution >= 4 is 11.3 Å². The Morgan fingerprint density at radius 3 is 2.67 bits per heavy atom. The second-order valence-corrected chi connectivity index (χ2v) is 4.01. The molecule has 3 heteroatoms. The van der Waals surface area contributed by atoms with Gasteiger partial charge in [0.15, 0.2) is 5.67 Å². The molecular weight excluding hydrogens is 173 g/mol. The number of halogens is 1. The number of alkyl halides is 1. The molecule has 0 aliphatic rings. The lowest BCUT2D eigenvalue weighted by Crippen LogP contribution is -2.35. The van der Waals surface area contributed by atoms with Gasteiger partial charge in [0, 0.05) is 12.1 Å². The van der Waals surface area contributed by atoms with Gasteiger partial charge >= 0.3 is 0 Å². The van der Waals surface area contributed by atoms with Crippen molar-refractivity contribution in [2.45, 2.75) is 19.5 Å². The monoisotopic (exact) mass is 187 g/mol. The Morgan fingerprint density at radius 1 is 1.67 bits per heavy atom. The Morgan fingerprint density at radius 2 is 2.33 bits per heavy atom. The quantitative estimate of drug-likeness (QED) is 0.773. The van der Waals surface area contributed by atoms with Gasteiger partial charge in [0.1, 0.15) is 0 Å². The molecule has 1 unspecified atom stereocenters. The van der Waals surface area contributed by atoms with Crippen LogP contribution in [0.15, 0.2) is 16.8 Å². The van der Waals surface area contributed by atoms with Crippen LogP contribution in [-0.4, -0.2) is 6.54 Å². The first-order chi connectivity index (χ1) is 5.61. The predicted molar refractivity (Wildman–Crippen MR) is 51.0 cm³/mol. The summed E-state index contributed by atoms with van der Waals surface area (Å²) >= 11 is 1.50. The maximum atomic E-state index is 14.1. The van der Waals surface area contributed by atoms with E-state index in [1.807, 2.05) is 24.6 Å². The van der Waals surface area contributed by atoms with E-state index in [4.69, 9.17) is 5.73 Å². The fraction of sp³-hybridized carbons (Fsp3) is 0.556. The average Bonchev–Trinajstić information content (AvgIpc) is 2.54. The van der Waals surface area contributed by atoms with Gasteiger partial charge in [-0.3, -0.25) is 0 Å². The van der Waals surface area contributed by atoms with Crippen LogP contribution in [0, 0.1) is 5.92 Å². The number of hydrogen-bond donors (Lipinski definition) is 1. The van der Waals surface area contributed by atoms with Crippen molar-refractivity contribution in [3.05, 3.63) is 22.4 Å². The molecule has 0 bridgehead atoms. The van der Waals surface area contributed by atoms with Gasteiger partial charge in [0.25, 0.3) is 0 Å². The molecule has 0 aromatic carbocycles. The lowest BCUT2D eigenvalue weighted by atomic mass is 9.87. The highest BCUT2D eigenvalue weighted by Gasteiger charge is 2.34. The van der Waals surface area contributed by atoms with Crippen molar-refractivity contribution in [1.82, 2.24) is 0 Å². The van der Waals surface area contributed by atoms with E-state index in [0.29, 0.717) is 5.56 Å². The standard InChI is InChI=1S/C9H14FNS/c1-7(2)9(10,6-11)8-3-4-12-5-8/h3-5,7H,6,11H2,1-2H3. The highest BCUT2D eigenvalue weighted by atomic mass is 32.1. The molecule has 0 saturated heterocycles. The molecule has 1 nitrogen and oxygen atoms in total. The molecule has 0 saturated carbocycles. The normalized spacial score (nSPS) is 16.4. The summed E-state index contributed by atoms with van der Waals surface area (Å²) in [5.41, 5.74) is 4.79. The van der Waals surface area contributed by atoms with Gasteiger partial charge in [0.05, 0.1) is 0 Å². The maximum absolute atomic E-state index is 14.1. The number of thiophene rings is 1. The van der Waals surface area contributed by atoms with E-state index in [0.717, 1.165) is 0 Å². The van der Waals surface area contributed by atoms with Gasteiger partial charge in [-0.05, 0) is 22.7 Å². The zero-order valence-electron chi connectivity index (χ0n) is 7.38. The number of nitrogens with two attached hydrogens (primary N) is 1. The summed E-state index contributed by atoms with van der Waals surface area (Å²) in [7, 11) is 0. The van der Waals surface area contributed by atoms with Crippen LogP contribution in [0.1, 0.15) is 19.4 Å². The summed E-state index contributed by atoms with van der Waals surface area (Å²) in [5.74, 6) is -0.0721. The summed E-state index contributed by atoms with van der Waals surface area (Å²) in [5, 5.41) is 3.70. The first-order valence-electron chi connectivity index (χ1n) is 4.03. The minimum Gasteiger partial charge on any atom is -0.327 e. The molecule has 1 aromatic rings. The van der Waals surface area contributed by atoms with E-state index in [1.165, 1.54) is 11.3 Å². The van der Waals surface area contributed by atoms with E-state index in [1.54, 1.807) is 6.07 Å². The molecule has 0 aliphatic carbocycles. The van der Waals surface area contributed by atoms with Crippen LogP contribution in [-0.2, 0) is 5.67 Å². The minimum atomic E-state index is -1.35. The van der Waals surface area contributed by atoms with Crippen molar-refractivity contribution in [1.29, 1.82) is 0 Å². The van der Waals surface area contributed by atoms with Crippen LogP contribution in [0.25, 0.3) is 0 Å². The maximum Gasteiger partial charge on any atom is 0.151 e. The topological polar surface area (TPSA) is 26.0 Å². The van der Waals surface area contributed by atoms with Crippen molar-refractivity contribution in [3.8, 4) is 0 Å². The first-order valence-corrected chi connectivity index (χ1v) is 4.97. The molecule has 0 spiro atoms. The first kappa shape index (κ1) is 9.68. The lowest BCUT2D eigenvalue weighted by molar-refractivity contribution is 0.110. The van der Waals surface area contributed by atoms with Crippen LogP contribution in [0.5, 0.6) is 0 Å². The Kier molecular flexibility index (Phi) is 2.85. The third-order valence-corrected chi connectivity index (χ3v) is 2.90. The van der Waals surface area contributed by atoms with Gasteiger partial charge < -0.3 is 5.73 Å². The van der Waals surface area contributed by atoms with Crippen LogP contribution in [0.3, 0.4) is 0 Å². The van der Waals surface area contributed by atoms with E-state index >= 15 is 0 Å². The van der Waals surface area contributed by atoms with Crippen molar-refractivity contribution in [3.63, 3.8) is 0 Å².